The topological polar surface area (TPSA) is 51.0 Å². The summed E-state index contributed by atoms with van der Waals surface area (Å²) in [5.74, 6) is 0.338. The number of aromatic nitrogens is 3. The monoisotopic (exact) mass is 352 g/mol. The van der Waals surface area contributed by atoms with Crippen molar-refractivity contribution in [1.82, 2.24) is 19.7 Å². The number of benzene rings is 1. The first-order valence-electron chi connectivity index (χ1n) is 8.50. The Bertz CT molecular complexity index is 870. The Morgan fingerprint density at radius 3 is 2.84 bits per heavy atom. The molecule has 1 aliphatic rings. The molecule has 0 spiro atoms. The molecule has 128 valence electrons. The number of likely N-dealkylation sites (tertiary alicyclic amines) is 1. The second-order valence-corrected chi connectivity index (χ2v) is 7.27. The van der Waals surface area contributed by atoms with Crippen LogP contribution in [0.5, 0.6) is 0 Å². The van der Waals surface area contributed by atoms with Crippen molar-refractivity contribution in [1.29, 1.82) is 0 Å². The van der Waals surface area contributed by atoms with Gasteiger partial charge in [-0.25, -0.2) is 4.98 Å². The molecule has 3 heterocycles. The summed E-state index contributed by atoms with van der Waals surface area (Å²) >= 11 is 1.52. The van der Waals surface area contributed by atoms with E-state index in [1.54, 1.807) is 0 Å². The number of amides is 1. The Balaban J connectivity index is 1.50. The lowest BCUT2D eigenvalue weighted by Gasteiger charge is -2.31. The summed E-state index contributed by atoms with van der Waals surface area (Å²) in [5.41, 5.74) is 2.67. The zero-order chi connectivity index (χ0) is 17.2. The molecule has 3 aromatic rings. The van der Waals surface area contributed by atoms with Gasteiger partial charge in [0.05, 0.1) is 5.69 Å². The summed E-state index contributed by atoms with van der Waals surface area (Å²) in [5, 5.41) is 7.27. The molecule has 1 aliphatic heterocycles. The zero-order valence-corrected chi connectivity index (χ0v) is 14.9. The fourth-order valence-corrected chi connectivity index (χ4v) is 4.10. The molecule has 0 N–H and O–H groups in total. The maximum absolute atomic E-state index is 12.9. The number of thiazole rings is 1. The number of carbonyl (C=O) groups excluding carboxylic acids is 1. The lowest BCUT2D eigenvalue weighted by molar-refractivity contribution is 0.0700. The molecule has 6 heteroatoms. The maximum Gasteiger partial charge on any atom is 0.273 e. The minimum atomic E-state index is 0.0269. The number of rotatable bonds is 3. The first-order chi connectivity index (χ1) is 12.2. The van der Waals surface area contributed by atoms with E-state index in [4.69, 9.17) is 0 Å². The molecular formula is C19H20N4OS. The number of piperidine rings is 1. The van der Waals surface area contributed by atoms with Crippen LogP contribution in [0, 0.1) is 0 Å². The normalized spacial score (nSPS) is 17.6. The molecule has 25 heavy (non-hydrogen) atoms. The van der Waals surface area contributed by atoms with Crippen LogP contribution in [-0.2, 0) is 7.05 Å². The van der Waals surface area contributed by atoms with Gasteiger partial charge in [0.25, 0.3) is 5.91 Å². The third-order valence-electron chi connectivity index (χ3n) is 4.61. The van der Waals surface area contributed by atoms with Crippen molar-refractivity contribution in [2.45, 2.75) is 18.8 Å². The molecule has 0 saturated carbocycles. The highest BCUT2D eigenvalue weighted by atomic mass is 32.1. The molecule has 1 fully saturated rings. The van der Waals surface area contributed by atoms with Crippen molar-refractivity contribution in [2.24, 2.45) is 7.05 Å². The Labute approximate surface area is 150 Å². The van der Waals surface area contributed by atoms with E-state index in [2.05, 4.69) is 16.1 Å². The molecule has 0 bridgehead atoms. The number of nitrogens with zero attached hydrogens (tertiary/aromatic N) is 4. The lowest BCUT2D eigenvalue weighted by atomic mass is 9.95. The van der Waals surface area contributed by atoms with Crippen molar-refractivity contribution in [3.63, 3.8) is 0 Å². The minimum absolute atomic E-state index is 0.0269. The van der Waals surface area contributed by atoms with Crippen molar-refractivity contribution >= 4 is 17.2 Å². The Kier molecular flexibility index (Phi) is 4.36. The predicted octanol–water partition coefficient (Wildman–Crippen LogP) is 3.56. The molecular weight excluding hydrogens is 332 g/mol. The average Bonchev–Trinajstić information content (AvgIpc) is 3.31. The maximum atomic E-state index is 12.9. The standard InChI is InChI=1S/C19H20N4OS/c1-22-11-9-16(21-22)15-8-5-10-23(12-15)19(24)17-13-25-18(20-17)14-6-3-2-4-7-14/h2-4,6-7,9,11,13,15H,5,8,10,12H2,1H3. The van der Waals surface area contributed by atoms with Crippen molar-refractivity contribution in [3.8, 4) is 10.6 Å². The van der Waals surface area contributed by atoms with Crippen LogP contribution in [-0.4, -0.2) is 38.7 Å². The van der Waals surface area contributed by atoms with E-state index in [0.717, 1.165) is 35.7 Å². The number of carbonyl (C=O) groups is 1. The summed E-state index contributed by atoms with van der Waals surface area (Å²) < 4.78 is 1.82. The summed E-state index contributed by atoms with van der Waals surface area (Å²) in [7, 11) is 1.93. The van der Waals surface area contributed by atoms with E-state index in [0.29, 0.717) is 18.2 Å². The van der Waals surface area contributed by atoms with Crippen LogP contribution in [0.1, 0.15) is 34.9 Å². The van der Waals surface area contributed by atoms with Gasteiger partial charge in [-0.3, -0.25) is 9.48 Å². The first-order valence-corrected chi connectivity index (χ1v) is 9.38. The van der Waals surface area contributed by atoms with Gasteiger partial charge in [-0.2, -0.15) is 5.10 Å². The Morgan fingerprint density at radius 2 is 2.08 bits per heavy atom. The molecule has 1 saturated heterocycles. The van der Waals surface area contributed by atoms with E-state index in [1.165, 1.54) is 11.3 Å². The van der Waals surface area contributed by atoms with E-state index in [1.807, 2.05) is 58.5 Å². The largest absolute Gasteiger partial charge is 0.337 e. The van der Waals surface area contributed by atoms with Crippen LogP contribution in [0.25, 0.3) is 10.6 Å². The summed E-state index contributed by atoms with van der Waals surface area (Å²) in [4.78, 5) is 19.4. The van der Waals surface area contributed by atoms with Gasteiger partial charge in [-0.1, -0.05) is 30.3 Å². The fourth-order valence-electron chi connectivity index (χ4n) is 3.30. The van der Waals surface area contributed by atoms with E-state index in [9.17, 15) is 4.79 Å². The summed E-state index contributed by atoms with van der Waals surface area (Å²) in [6, 6.07) is 12.0. The molecule has 0 radical (unpaired) electrons. The molecule has 1 atom stereocenters. The highest BCUT2D eigenvalue weighted by Crippen LogP contribution is 2.28. The van der Waals surface area contributed by atoms with Crippen LogP contribution in [0.2, 0.25) is 0 Å². The molecule has 5 nitrogen and oxygen atoms in total. The molecule has 1 amide bonds. The van der Waals surface area contributed by atoms with Crippen LogP contribution in [0.15, 0.2) is 48.0 Å². The first kappa shape index (κ1) is 16.0. The smallest absolute Gasteiger partial charge is 0.273 e. The Morgan fingerprint density at radius 1 is 1.24 bits per heavy atom. The SMILES string of the molecule is Cn1ccc(C2CCCN(C(=O)c3csc(-c4ccccc4)n3)C2)n1. The second kappa shape index (κ2) is 6.80. The average molecular weight is 352 g/mol. The van der Waals surface area contributed by atoms with Crippen molar-refractivity contribution < 1.29 is 4.79 Å². The van der Waals surface area contributed by atoms with Gasteiger partial charge in [-0.15, -0.1) is 11.3 Å². The minimum Gasteiger partial charge on any atom is -0.337 e. The van der Waals surface area contributed by atoms with E-state index >= 15 is 0 Å². The van der Waals surface area contributed by atoms with Gasteiger partial charge in [0.2, 0.25) is 0 Å². The third kappa shape index (κ3) is 3.35. The number of aryl methyl sites for hydroxylation is 1. The van der Waals surface area contributed by atoms with Gasteiger partial charge < -0.3 is 4.90 Å². The molecule has 1 unspecified atom stereocenters. The summed E-state index contributed by atoms with van der Waals surface area (Å²) in [6.07, 6.45) is 4.04. The van der Waals surface area contributed by atoms with E-state index in [-0.39, 0.29) is 5.91 Å². The summed E-state index contributed by atoms with van der Waals surface area (Å²) in [6.45, 7) is 1.51. The molecule has 0 aliphatic carbocycles. The van der Waals surface area contributed by atoms with Crippen molar-refractivity contribution in [2.75, 3.05) is 13.1 Å². The quantitative estimate of drug-likeness (QED) is 0.724. The predicted molar refractivity (Wildman–Crippen MR) is 98.6 cm³/mol. The van der Waals surface area contributed by atoms with Crippen LogP contribution < -0.4 is 0 Å². The van der Waals surface area contributed by atoms with Crippen LogP contribution in [0.3, 0.4) is 0 Å². The van der Waals surface area contributed by atoms with Crippen LogP contribution in [0.4, 0.5) is 0 Å². The van der Waals surface area contributed by atoms with E-state index < -0.39 is 0 Å². The number of hydrogen-bond donors (Lipinski definition) is 0. The second-order valence-electron chi connectivity index (χ2n) is 6.41. The van der Waals surface area contributed by atoms with Crippen molar-refractivity contribution in [3.05, 3.63) is 59.4 Å². The molecule has 2 aromatic heterocycles. The van der Waals surface area contributed by atoms with Gasteiger partial charge >= 0.3 is 0 Å². The molecule has 4 rings (SSSR count). The third-order valence-corrected chi connectivity index (χ3v) is 5.50. The highest BCUT2D eigenvalue weighted by molar-refractivity contribution is 7.13. The van der Waals surface area contributed by atoms with Gasteiger partial charge in [0.15, 0.2) is 0 Å². The number of hydrogen-bond acceptors (Lipinski definition) is 4. The lowest BCUT2D eigenvalue weighted by Crippen LogP contribution is -2.39. The zero-order valence-electron chi connectivity index (χ0n) is 14.1. The van der Waals surface area contributed by atoms with Gasteiger partial charge in [0.1, 0.15) is 10.7 Å². The fraction of sp³-hybridized carbons (Fsp3) is 0.316. The van der Waals surface area contributed by atoms with Gasteiger partial charge in [-0.05, 0) is 18.9 Å². The molecule has 1 aromatic carbocycles. The van der Waals surface area contributed by atoms with Gasteiger partial charge in [0, 0.05) is 43.2 Å². The van der Waals surface area contributed by atoms with Crippen LogP contribution >= 0.6 is 11.3 Å². The Hall–Kier alpha value is -2.47. The highest BCUT2D eigenvalue weighted by Gasteiger charge is 2.28.